The van der Waals surface area contributed by atoms with Gasteiger partial charge in [0.1, 0.15) is 6.04 Å². The van der Waals surface area contributed by atoms with Crippen LogP contribution in [0.5, 0.6) is 0 Å². The van der Waals surface area contributed by atoms with Crippen LogP contribution in [-0.2, 0) is 14.3 Å². The number of aliphatic hydroxyl groups is 1. The first-order valence-electron chi connectivity index (χ1n) is 2.92. The Bertz CT molecular complexity index is 159. The average Bonchev–Trinajstić information content (AvgIpc) is 2.02. The van der Waals surface area contributed by atoms with Gasteiger partial charge in [0.05, 0.1) is 13.2 Å². The van der Waals surface area contributed by atoms with Crippen LogP contribution in [-0.4, -0.2) is 36.2 Å². The zero-order valence-corrected chi connectivity index (χ0v) is 5.82. The van der Waals surface area contributed by atoms with Crippen LogP contribution in [0.3, 0.4) is 0 Å². The molecule has 11 heavy (non-hydrogen) atoms. The largest absolute Gasteiger partial charge is 0.394 e. The summed E-state index contributed by atoms with van der Waals surface area (Å²) < 4.78 is 4.06. The molecule has 0 aliphatic heterocycles. The van der Waals surface area contributed by atoms with Crippen LogP contribution in [0.2, 0.25) is 0 Å². The van der Waals surface area contributed by atoms with Crippen LogP contribution in [0.15, 0.2) is 0 Å². The van der Waals surface area contributed by atoms with Crippen molar-refractivity contribution in [3.8, 4) is 0 Å². The van der Waals surface area contributed by atoms with Gasteiger partial charge in [0.15, 0.2) is 0 Å². The van der Waals surface area contributed by atoms with Crippen molar-refractivity contribution in [2.24, 2.45) is 11.5 Å². The minimum absolute atomic E-state index is 0.385. The van der Waals surface area contributed by atoms with Crippen molar-refractivity contribution in [3.05, 3.63) is 0 Å². The van der Waals surface area contributed by atoms with E-state index in [1.54, 1.807) is 0 Å². The minimum atomic E-state index is -1.18. The summed E-state index contributed by atoms with van der Waals surface area (Å²) in [5.74, 6) is -1.83. The van der Waals surface area contributed by atoms with Crippen LogP contribution in [0, 0.1) is 0 Å². The molecule has 0 aromatic carbocycles. The van der Waals surface area contributed by atoms with Crippen molar-refractivity contribution in [1.29, 1.82) is 0 Å². The Labute approximate surface area is 63.1 Å². The Morgan fingerprint density at radius 1 is 1.55 bits per heavy atom. The Kier molecular flexibility index (Phi) is 4.35. The molecule has 0 fully saturated rings. The van der Waals surface area contributed by atoms with E-state index in [1.165, 1.54) is 0 Å². The predicted molar refractivity (Wildman–Crippen MR) is 35.2 cm³/mol. The fourth-order valence-electron chi connectivity index (χ4n) is 0.304. The van der Waals surface area contributed by atoms with Gasteiger partial charge in [0, 0.05) is 0 Å². The van der Waals surface area contributed by atoms with Crippen molar-refractivity contribution >= 4 is 11.9 Å². The third-order valence-corrected chi connectivity index (χ3v) is 0.881. The normalized spacial score (nSPS) is 12.3. The zero-order chi connectivity index (χ0) is 8.85. The Morgan fingerprint density at radius 2 is 2.09 bits per heavy atom. The SMILES string of the molecule is NCC(=O)OC(=O)[C@H](N)CO. The standard InChI is InChI=1S/C5H10N2O4/c6-1-4(9)11-5(10)3(7)2-8/h3,8H,1-2,6-7H2/t3-/m1/s1. The summed E-state index contributed by atoms with van der Waals surface area (Å²) in [5, 5.41) is 8.32. The number of rotatable bonds is 3. The summed E-state index contributed by atoms with van der Waals surface area (Å²) in [6.45, 7) is -0.944. The highest BCUT2D eigenvalue weighted by atomic mass is 16.6. The van der Waals surface area contributed by atoms with Gasteiger partial charge in [0.2, 0.25) is 0 Å². The molecule has 0 unspecified atom stereocenters. The lowest BCUT2D eigenvalue weighted by molar-refractivity contribution is -0.160. The molecule has 1 atom stereocenters. The molecular weight excluding hydrogens is 152 g/mol. The molecule has 0 spiro atoms. The lowest BCUT2D eigenvalue weighted by Gasteiger charge is -2.05. The predicted octanol–water partition coefficient (Wildman–Crippen LogP) is -2.67. The molecular formula is C5H10N2O4. The summed E-state index contributed by atoms with van der Waals surface area (Å²) in [5.41, 5.74) is 9.83. The van der Waals surface area contributed by atoms with Crippen molar-refractivity contribution in [2.45, 2.75) is 6.04 Å². The molecule has 5 N–H and O–H groups in total. The van der Waals surface area contributed by atoms with E-state index in [0.717, 1.165) is 0 Å². The van der Waals surface area contributed by atoms with Gasteiger partial charge in [-0.25, -0.2) is 4.79 Å². The molecule has 0 rings (SSSR count). The second-order valence-corrected chi connectivity index (χ2v) is 1.79. The molecule has 0 saturated heterocycles. The first-order valence-corrected chi connectivity index (χ1v) is 2.92. The summed E-state index contributed by atoms with van der Waals surface area (Å²) in [7, 11) is 0. The van der Waals surface area contributed by atoms with Gasteiger partial charge in [0.25, 0.3) is 0 Å². The van der Waals surface area contributed by atoms with Gasteiger partial charge in [-0.3, -0.25) is 4.79 Å². The van der Waals surface area contributed by atoms with E-state index < -0.39 is 24.6 Å². The number of carbonyl (C=O) groups excluding carboxylic acids is 2. The van der Waals surface area contributed by atoms with Crippen molar-refractivity contribution in [3.63, 3.8) is 0 Å². The molecule has 0 aromatic heterocycles. The number of hydrogen-bond acceptors (Lipinski definition) is 6. The van der Waals surface area contributed by atoms with E-state index in [4.69, 9.17) is 16.6 Å². The van der Waals surface area contributed by atoms with Gasteiger partial charge in [-0.15, -0.1) is 0 Å². The van der Waals surface area contributed by atoms with E-state index in [9.17, 15) is 9.59 Å². The van der Waals surface area contributed by atoms with Gasteiger partial charge in [-0.2, -0.15) is 0 Å². The maximum Gasteiger partial charge on any atom is 0.332 e. The maximum absolute atomic E-state index is 10.6. The molecule has 0 bridgehead atoms. The monoisotopic (exact) mass is 162 g/mol. The minimum Gasteiger partial charge on any atom is -0.394 e. The number of hydrogen-bond donors (Lipinski definition) is 3. The summed E-state index contributed by atoms with van der Waals surface area (Å²) in [6.07, 6.45) is 0. The molecule has 0 aromatic rings. The van der Waals surface area contributed by atoms with E-state index in [-0.39, 0.29) is 6.54 Å². The highest BCUT2D eigenvalue weighted by molar-refractivity contribution is 5.89. The number of ether oxygens (including phenoxy) is 1. The average molecular weight is 162 g/mol. The first-order chi connectivity index (χ1) is 5.11. The third kappa shape index (κ3) is 3.66. The molecule has 0 radical (unpaired) electrons. The zero-order valence-electron chi connectivity index (χ0n) is 5.82. The van der Waals surface area contributed by atoms with Crippen molar-refractivity contribution in [2.75, 3.05) is 13.2 Å². The highest BCUT2D eigenvalue weighted by Gasteiger charge is 2.16. The lowest BCUT2D eigenvalue weighted by atomic mass is 10.3. The Balaban J connectivity index is 3.77. The van der Waals surface area contributed by atoms with E-state index in [0.29, 0.717) is 0 Å². The number of nitrogens with two attached hydrogens (primary N) is 2. The van der Waals surface area contributed by atoms with Crippen molar-refractivity contribution < 1.29 is 19.4 Å². The smallest absolute Gasteiger partial charge is 0.332 e. The number of esters is 2. The molecule has 0 amide bonds. The maximum atomic E-state index is 10.6. The van der Waals surface area contributed by atoms with Crippen LogP contribution in [0.4, 0.5) is 0 Å². The Hall–Kier alpha value is -0.980. The molecule has 0 saturated carbocycles. The van der Waals surface area contributed by atoms with Gasteiger partial charge in [-0.1, -0.05) is 0 Å². The van der Waals surface area contributed by atoms with Gasteiger partial charge < -0.3 is 21.3 Å². The van der Waals surface area contributed by atoms with E-state index in [1.807, 2.05) is 0 Å². The molecule has 6 heteroatoms. The Morgan fingerprint density at radius 3 is 2.45 bits per heavy atom. The fourth-order valence-corrected chi connectivity index (χ4v) is 0.304. The summed E-state index contributed by atoms with van der Waals surface area (Å²) in [4.78, 5) is 20.9. The second kappa shape index (κ2) is 4.78. The van der Waals surface area contributed by atoms with Crippen LogP contribution < -0.4 is 11.5 Å². The fraction of sp³-hybridized carbons (Fsp3) is 0.600. The molecule has 0 aliphatic rings. The second-order valence-electron chi connectivity index (χ2n) is 1.79. The highest BCUT2D eigenvalue weighted by Crippen LogP contribution is 1.84. The molecule has 6 nitrogen and oxygen atoms in total. The third-order valence-electron chi connectivity index (χ3n) is 0.881. The van der Waals surface area contributed by atoms with E-state index in [2.05, 4.69) is 4.74 Å². The molecule has 0 heterocycles. The van der Waals surface area contributed by atoms with E-state index >= 15 is 0 Å². The molecule has 0 aliphatic carbocycles. The summed E-state index contributed by atoms with van der Waals surface area (Å²) >= 11 is 0. The van der Waals surface area contributed by atoms with Gasteiger partial charge in [-0.05, 0) is 0 Å². The topological polar surface area (TPSA) is 116 Å². The number of carbonyl (C=O) groups is 2. The first kappa shape index (κ1) is 10.0. The van der Waals surface area contributed by atoms with Crippen molar-refractivity contribution in [1.82, 2.24) is 0 Å². The van der Waals surface area contributed by atoms with Crippen LogP contribution in [0.1, 0.15) is 0 Å². The van der Waals surface area contributed by atoms with Crippen LogP contribution >= 0.6 is 0 Å². The van der Waals surface area contributed by atoms with Gasteiger partial charge >= 0.3 is 11.9 Å². The molecule has 64 valence electrons. The summed E-state index contributed by atoms with van der Waals surface area (Å²) in [6, 6.07) is -1.18. The quantitative estimate of drug-likeness (QED) is 0.308. The lowest BCUT2D eigenvalue weighted by Crippen LogP contribution is -2.37. The van der Waals surface area contributed by atoms with Crippen LogP contribution in [0.25, 0.3) is 0 Å². The number of aliphatic hydroxyl groups excluding tert-OH is 1.